The first kappa shape index (κ1) is 12.3. The van der Waals surface area contributed by atoms with E-state index in [9.17, 15) is 15.3 Å². The molecule has 0 unspecified atom stereocenters. The zero-order chi connectivity index (χ0) is 11.6. The highest BCUT2D eigenvalue weighted by Gasteiger charge is 2.43. The Morgan fingerprint density at radius 3 is 2.33 bits per heavy atom. The van der Waals surface area contributed by atoms with Gasteiger partial charge in [-0.15, -0.1) is 0 Å². The largest absolute Gasteiger partial charge is 0.394 e. The number of nitrogens with zero attached hydrogens (tertiary/aromatic N) is 1. The van der Waals surface area contributed by atoms with Gasteiger partial charge in [0.15, 0.2) is 6.23 Å². The van der Waals surface area contributed by atoms with Crippen molar-refractivity contribution in [1.82, 2.24) is 0 Å². The summed E-state index contributed by atoms with van der Waals surface area (Å²) in [6.45, 7) is 1.03. The first-order valence-electron chi connectivity index (χ1n) is 4.57. The molecule has 1 aliphatic heterocycles. The van der Waals surface area contributed by atoms with Gasteiger partial charge >= 0.3 is 0 Å². The van der Waals surface area contributed by atoms with Crippen LogP contribution in [-0.4, -0.2) is 63.5 Å². The molecule has 15 heavy (non-hydrogen) atoms. The van der Waals surface area contributed by atoms with Crippen LogP contribution in [-0.2, 0) is 4.74 Å². The third-order valence-electron chi connectivity index (χ3n) is 2.20. The SMILES string of the molecule is C/C(N)=N/[C@@H]1O[C@H](CO)[C@@H](O)[C@H](O)[C@H]1O. The summed E-state index contributed by atoms with van der Waals surface area (Å²) in [7, 11) is 0. The molecule has 1 aliphatic rings. The molecule has 0 radical (unpaired) electrons. The Bertz CT molecular complexity index is 241. The fourth-order valence-corrected chi connectivity index (χ4v) is 1.39. The normalized spacial score (nSPS) is 43.0. The lowest BCUT2D eigenvalue weighted by atomic mass is 9.99. The van der Waals surface area contributed by atoms with Crippen molar-refractivity contribution in [2.45, 2.75) is 37.6 Å². The van der Waals surface area contributed by atoms with Crippen molar-refractivity contribution in [2.75, 3.05) is 6.61 Å². The maximum atomic E-state index is 9.49. The van der Waals surface area contributed by atoms with Gasteiger partial charge in [0.1, 0.15) is 24.4 Å². The van der Waals surface area contributed by atoms with Crippen LogP contribution in [0.4, 0.5) is 0 Å². The van der Waals surface area contributed by atoms with Crippen molar-refractivity contribution >= 4 is 5.84 Å². The van der Waals surface area contributed by atoms with Gasteiger partial charge < -0.3 is 30.9 Å². The van der Waals surface area contributed by atoms with Gasteiger partial charge in [0.05, 0.1) is 12.4 Å². The molecule has 5 atom stereocenters. The van der Waals surface area contributed by atoms with Crippen LogP contribution in [0.3, 0.4) is 0 Å². The minimum Gasteiger partial charge on any atom is -0.394 e. The minimum atomic E-state index is -1.41. The van der Waals surface area contributed by atoms with E-state index in [0.29, 0.717) is 0 Å². The van der Waals surface area contributed by atoms with Gasteiger partial charge in [0.25, 0.3) is 0 Å². The Hall–Kier alpha value is -0.730. The van der Waals surface area contributed by atoms with Gasteiger partial charge in [0.2, 0.25) is 0 Å². The zero-order valence-electron chi connectivity index (χ0n) is 8.32. The first-order chi connectivity index (χ1) is 6.97. The molecule has 1 heterocycles. The molecule has 0 saturated carbocycles. The number of rotatable bonds is 2. The summed E-state index contributed by atoms with van der Waals surface area (Å²) in [5, 5.41) is 37.2. The molecule has 0 aromatic carbocycles. The van der Waals surface area contributed by atoms with Crippen LogP contribution in [0, 0.1) is 0 Å². The second-order valence-electron chi connectivity index (χ2n) is 3.49. The van der Waals surface area contributed by atoms with Crippen molar-refractivity contribution in [1.29, 1.82) is 0 Å². The molecule has 7 nitrogen and oxygen atoms in total. The lowest BCUT2D eigenvalue weighted by molar-refractivity contribution is -0.226. The standard InChI is InChI=1S/C8H16N2O5/c1-3(9)10-8-7(14)6(13)5(12)4(2-11)15-8/h4-8,11-14H,2H2,1H3,(H2,9,10)/t4-,5-,6+,7-,8-/m1/s1. The molecule has 7 heteroatoms. The number of aliphatic imine (C=N–C) groups is 1. The van der Waals surface area contributed by atoms with Crippen molar-refractivity contribution in [3.05, 3.63) is 0 Å². The molecule has 0 aromatic rings. The zero-order valence-corrected chi connectivity index (χ0v) is 8.32. The summed E-state index contributed by atoms with van der Waals surface area (Å²) in [4.78, 5) is 3.74. The molecule has 0 amide bonds. The Balaban J connectivity index is 2.78. The van der Waals surface area contributed by atoms with Crippen LogP contribution < -0.4 is 5.73 Å². The predicted molar refractivity (Wildman–Crippen MR) is 51.1 cm³/mol. The van der Waals surface area contributed by atoms with E-state index in [4.69, 9.17) is 15.6 Å². The molecule has 1 rings (SSSR count). The summed E-state index contributed by atoms with van der Waals surface area (Å²) in [5.74, 6) is 0.180. The van der Waals surface area contributed by atoms with Gasteiger partial charge in [-0.1, -0.05) is 0 Å². The van der Waals surface area contributed by atoms with E-state index in [1.807, 2.05) is 0 Å². The van der Waals surface area contributed by atoms with E-state index in [0.717, 1.165) is 0 Å². The van der Waals surface area contributed by atoms with Gasteiger partial charge in [-0.05, 0) is 6.92 Å². The van der Waals surface area contributed by atoms with E-state index >= 15 is 0 Å². The van der Waals surface area contributed by atoms with Crippen LogP contribution in [0.25, 0.3) is 0 Å². The number of ether oxygens (including phenoxy) is 1. The third-order valence-corrected chi connectivity index (χ3v) is 2.20. The molecule has 1 saturated heterocycles. The summed E-state index contributed by atoms with van der Waals surface area (Å²) < 4.78 is 5.06. The Kier molecular flexibility index (Phi) is 4.00. The van der Waals surface area contributed by atoms with Crippen LogP contribution in [0.2, 0.25) is 0 Å². The first-order valence-corrected chi connectivity index (χ1v) is 4.57. The maximum Gasteiger partial charge on any atom is 0.179 e. The number of aliphatic hydroxyl groups is 4. The molecular weight excluding hydrogens is 204 g/mol. The molecular formula is C8H16N2O5. The summed E-state index contributed by atoms with van der Waals surface area (Å²) >= 11 is 0. The van der Waals surface area contributed by atoms with Crippen molar-refractivity contribution in [3.8, 4) is 0 Å². The van der Waals surface area contributed by atoms with Crippen LogP contribution >= 0.6 is 0 Å². The lowest BCUT2D eigenvalue weighted by Gasteiger charge is -2.38. The maximum absolute atomic E-state index is 9.49. The number of aliphatic hydroxyl groups excluding tert-OH is 4. The van der Waals surface area contributed by atoms with Crippen molar-refractivity contribution in [3.63, 3.8) is 0 Å². The average Bonchev–Trinajstić information content (AvgIpc) is 2.18. The highest BCUT2D eigenvalue weighted by Crippen LogP contribution is 2.21. The molecule has 6 N–H and O–H groups in total. The lowest BCUT2D eigenvalue weighted by Crippen LogP contribution is -2.58. The van der Waals surface area contributed by atoms with Gasteiger partial charge in [-0.3, -0.25) is 0 Å². The Morgan fingerprint density at radius 1 is 1.27 bits per heavy atom. The highest BCUT2D eigenvalue weighted by atomic mass is 16.6. The van der Waals surface area contributed by atoms with E-state index in [1.165, 1.54) is 6.92 Å². The monoisotopic (exact) mass is 220 g/mol. The minimum absolute atomic E-state index is 0.180. The fraction of sp³-hybridized carbons (Fsp3) is 0.875. The molecule has 88 valence electrons. The molecule has 0 aromatic heterocycles. The van der Waals surface area contributed by atoms with E-state index < -0.39 is 37.3 Å². The number of nitrogens with two attached hydrogens (primary N) is 1. The third kappa shape index (κ3) is 2.64. The van der Waals surface area contributed by atoms with E-state index in [1.54, 1.807) is 0 Å². The van der Waals surface area contributed by atoms with Gasteiger partial charge in [-0.25, -0.2) is 4.99 Å². The summed E-state index contributed by atoms with van der Waals surface area (Å²) in [6, 6.07) is 0. The second kappa shape index (κ2) is 4.86. The van der Waals surface area contributed by atoms with Gasteiger partial charge in [-0.2, -0.15) is 0 Å². The van der Waals surface area contributed by atoms with Crippen molar-refractivity contribution in [2.24, 2.45) is 10.7 Å². The quantitative estimate of drug-likeness (QED) is 0.252. The average molecular weight is 220 g/mol. The van der Waals surface area contributed by atoms with Crippen LogP contribution in [0.15, 0.2) is 4.99 Å². The number of hydrogen-bond donors (Lipinski definition) is 5. The topological polar surface area (TPSA) is 129 Å². The fourth-order valence-electron chi connectivity index (χ4n) is 1.39. The Labute approximate surface area is 86.8 Å². The smallest absolute Gasteiger partial charge is 0.179 e. The molecule has 1 fully saturated rings. The Morgan fingerprint density at radius 2 is 1.87 bits per heavy atom. The van der Waals surface area contributed by atoms with Gasteiger partial charge in [0, 0.05) is 0 Å². The molecule has 0 aliphatic carbocycles. The molecule has 0 spiro atoms. The van der Waals surface area contributed by atoms with E-state index in [-0.39, 0.29) is 5.84 Å². The summed E-state index contributed by atoms with van der Waals surface area (Å²) in [5.41, 5.74) is 5.30. The predicted octanol–water partition coefficient (Wildman–Crippen LogP) is -2.84. The van der Waals surface area contributed by atoms with Crippen LogP contribution in [0.5, 0.6) is 0 Å². The van der Waals surface area contributed by atoms with Crippen molar-refractivity contribution < 1.29 is 25.2 Å². The molecule has 0 bridgehead atoms. The second-order valence-corrected chi connectivity index (χ2v) is 3.49. The highest BCUT2D eigenvalue weighted by molar-refractivity contribution is 5.77. The number of hydrogen-bond acceptors (Lipinski definition) is 6. The van der Waals surface area contributed by atoms with E-state index in [2.05, 4.69) is 4.99 Å². The summed E-state index contributed by atoms with van der Waals surface area (Å²) in [6.07, 6.45) is -6.15. The van der Waals surface area contributed by atoms with Crippen LogP contribution in [0.1, 0.15) is 6.92 Å². The number of amidine groups is 1.